The summed E-state index contributed by atoms with van der Waals surface area (Å²) in [6, 6.07) is 13.5. The highest BCUT2D eigenvalue weighted by Gasteiger charge is 2.17. The van der Waals surface area contributed by atoms with Gasteiger partial charge in [-0.2, -0.15) is 0 Å². The van der Waals surface area contributed by atoms with Gasteiger partial charge in [-0.1, -0.05) is 55.4 Å². The van der Waals surface area contributed by atoms with E-state index in [0.717, 1.165) is 27.5 Å². The van der Waals surface area contributed by atoms with E-state index in [2.05, 4.69) is 24.2 Å². The van der Waals surface area contributed by atoms with Gasteiger partial charge in [0, 0.05) is 27.5 Å². The molecule has 0 atom stereocenters. The lowest BCUT2D eigenvalue weighted by Crippen LogP contribution is -2.25. The molecule has 1 N–H and O–H groups in total. The topological polar surface area (TPSA) is 41.5 Å². The van der Waals surface area contributed by atoms with Gasteiger partial charge in [0.25, 0.3) is 5.91 Å². The van der Waals surface area contributed by atoms with Crippen molar-refractivity contribution in [1.29, 1.82) is 0 Å². The number of fused-ring (bicyclic) bond motifs is 2. The molecule has 0 saturated heterocycles. The summed E-state index contributed by atoms with van der Waals surface area (Å²) in [7, 11) is 0. The Hall–Kier alpha value is -1.78. The average Bonchev–Trinajstić information content (AvgIpc) is 2.69. The molecule has 0 bridgehead atoms. The zero-order chi connectivity index (χ0) is 17.1. The van der Waals surface area contributed by atoms with Gasteiger partial charge in [0.2, 0.25) is 0 Å². The Bertz CT molecular complexity index is 802. The lowest BCUT2D eigenvalue weighted by molar-refractivity contribution is 0.0952. The van der Waals surface area contributed by atoms with Gasteiger partial charge in [-0.3, -0.25) is 4.79 Å². The van der Waals surface area contributed by atoms with Crippen molar-refractivity contribution in [2.75, 3.05) is 6.54 Å². The van der Waals surface area contributed by atoms with Crippen molar-refractivity contribution >= 4 is 40.1 Å². The fourth-order valence-electron chi connectivity index (χ4n) is 2.42. The van der Waals surface area contributed by atoms with Gasteiger partial charge in [-0.05, 0) is 36.6 Å². The summed E-state index contributed by atoms with van der Waals surface area (Å²) in [5.74, 6) is 0.493. The van der Waals surface area contributed by atoms with Gasteiger partial charge in [0.05, 0.1) is 5.69 Å². The number of nitrogens with one attached hydrogen (secondary N) is 1. The summed E-state index contributed by atoms with van der Waals surface area (Å²) in [6.07, 6.45) is 0.964. The molecule has 0 aromatic heterocycles. The van der Waals surface area contributed by atoms with Crippen LogP contribution in [-0.2, 0) is 0 Å². The fraction of sp³-hybridized carbons (Fsp3) is 0.263. The summed E-state index contributed by atoms with van der Waals surface area (Å²) >= 11 is 7.98. The highest BCUT2D eigenvalue weighted by molar-refractivity contribution is 7.99. The maximum absolute atomic E-state index is 12.3. The Balaban J connectivity index is 1.85. The molecule has 0 aliphatic carbocycles. The number of aliphatic imine (C=N–C) groups is 1. The summed E-state index contributed by atoms with van der Waals surface area (Å²) < 4.78 is 0. The molecule has 0 fully saturated rings. The molecule has 0 saturated carbocycles. The van der Waals surface area contributed by atoms with Crippen molar-refractivity contribution in [3.8, 4) is 0 Å². The number of halogens is 1. The van der Waals surface area contributed by atoms with Crippen molar-refractivity contribution in [2.24, 2.45) is 10.9 Å². The van der Waals surface area contributed by atoms with Crippen LogP contribution in [0, 0.1) is 5.92 Å². The van der Waals surface area contributed by atoms with Crippen molar-refractivity contribution in [3.05, 3.63) is 53.6 Å². The van der Waals surface area contributed by atoms with Crippen LogP contribution in [0.3, 0.4) is 0 Å². The number of hydrogen-bond acceptors (Lipinski definition) is 3. The second kappa shape index (κ2) is 7.41. The second-order valence-corrected chi connectivity index (χ2v) is 7.56. The van der Waals surface area contributed by atoms with Crippen LogP contribution in [0.1, 0.15) is 36.2 Å². The van der Waals surface area contributed by atoms with Crippen LogP contribution < -0.4 is 5.32 Å². The third-order valence-electron chi connectivity index (χ3n) is 3.78. The monoisotopic (exact) mass is 358 g/mol. The van der Waals surface area contributed by atoms with Gasteiger partial charge in [-0.25, -0.2) is 4.99 Å². The minimum atomic E-state index is -0.0727. The summed E-state index contributed by atoms with van der Waals surface area (Å²) in [5, 5.41) is 3.41. The van der Waals surface area contributed by atoms with Crippen LogP contribution in [0.2, 0.25) is 0 Å². The molecule has 1 aliphatic heterocycles. The van der Waals surface area contributed by atoms with E-state index >= 15 is 0 Å². The number of carbonyl (C=O) groups excluding carboxylic acids is 1. The minimum absolute atomic E-state index is 0.0727. The molecule has 1 amide bonds. The minimum Gasteiger partial charge on any atom is -0.352 e. The van der Waals surface area contributed by atoms with Crippen LogP contribution in [0.25, 0.3) is 0 Å². The summed E-state index contributed by atoms with van der Waals surface area (Å²) in [5.41, 5.74) is 2.26. The molecular formula is C19H19ClN2OS. The van der Waals surface area contributed by atoms with E-state index in [1.807, 2.05) is 36.4 Å². The lowest BCUT2D eigenvalue weighted by Gasteiger charge is -2.09. The summed E-state index contributed by atoms with van der Waals surface area (Å²) in [6.45, 7) is 4.96. The number of rotatable bonds is 4. The Morgan fingerprint density at radius 1 is 1.21 bits per heavy atom. The molecule has 3 rings (SSSR count). The van der Waals surface area contributed by atoms with Gasteiger partial charge in [0.1, 0.15) is 5.17 Å². The SMILES string of the molecule is CC(C)CCNC(=O)c1ccc2c(c1)N=C(Cl)c1ccccc1S2. The molecule has 0 unspecified atom stereocenters. The van der Waals surface area contributed by atoms with Crippen molar-refractivity contribution in [3.63, 3.8) is 0 Å². The molecule has 2 aromatic rings. The molecule has 3 nitrogen and oxygen atoms in total. The maximum atomic E-state index is 12.3. The van der Waals surface area contributed by atoms with Crippen molar-refractivity contribution in [1.82, 2.24) is 5.32 Å². The average molecular weight is 359 g/mol. The molecule has 24 heavy (non-hydrogen) atoms. The normalized spacial score (nSPS) is 12.9. The molecule has 1 heterocycles. The van der Waals surface area contributed by atoms with E-state index < -0.39 is 0 Å². The van der Waals surface area contributed by atoms with E-state index in [1.54, 1.807) is 17.8 Å². The smallest absolute Gasteiger partial charge is 0.251 e. The van der Waals surface area contributed by atoms with Crippen LogP contribution in [-0.4, -0.2) is 17.6 Å². The quantitative estimate of drug-likeness (QED) is 0.811. The Kier molecular flexibility index (Phi) is 5.27. The third kappa shape index (κ3) is 3.82. The van der Waals surface area contributed by atoms with E-state index in [1.165, 1.54) is 0 Å². The predicted molar refractivity (Wildman–Crippen MR) is 101 cm³/mol. The molecule has 1 aliphatic rings. The highest BCUT2D eigenvalue weighted by Crippen LogP contribution is 2.41. The van der Waals surface area contributed by atoms with Crippen molar-refractivity contribution in [2.45, 2.75) is 30.1 Å². The van der Waals surface area contributed by atoms with Crippen LogP contribution >= 0.6 is 23.4 Å². The largest absolute Gasteiger partial charge is 0.352 e. The predicted octanol–water partition coefficient (Wildman–Crippen LogP) is 5.24. The van der Waals surface area contributed by atoms with Gasteiger partial charge < -0.3 is 5.32 Å². The third-order valence-corrected chi connectivity index (χ3v) is 5.21. The van der Waals surface area contributed by atoms with Gasteiger partial charge in [-0.15, -0.1) is 0 Å². The summed E-state index contributed by atoms with van der Waals surface area (Å²) in [4.78, 5) is 18.9. The molecule has 2 aromatic carbocycles. The number of nitrogens with zero attached hydrogens (tertiary/aromatic N) is 1. The first-order valence-corrected chi connectivity index (χ1v) is 9.17. The van der Waals surface area contributed by atoms with Crippen LogP contribution in [0.15, 0.2) is 57.2 Å². The zero-order valence-corrected chi connectivity index (χ0v) is 15.2. The van der Waals surface area contributed by atoms with E-state index in [9.17, 15) is 4.79 Å². The fourth-order valence-corrected chi connectivity index (χ4v) is 3.73. The lowest BCUT2D eigenvalue weighted by atomic mass is 10.1. The first-order chi connectivity index (χ1) is 11.5. The molecule has 0 radical (unpaired) electrons. The Labute approximate surface area is 151 Å². The first-order valence-electron chi connectivity index (χ1n) is 7.98. The molecule has 0 spiro atoms. The number of benzene rings is 2. The van der Waals surface area contributed by atoms with E-state index in [-0.39, 0.29) is 5.91 Å². The van der Waals surface area contributed by atoms with Crippen molar-refractivity contribution < 1.29 is 4.79 Å². The molecule has 5 heteroatoms. The standard InChI is InChI=1S/C19H19ClN2OS/c1-12(2)9-10-21-19(23)13-7-8-17-15(11-13)22-18(20)14-5-3-4-6-16(14)24-17/h3-8,11-12H,9-10H2,1-2H3,(H,21,23). The van der Waals surface area contributed by atoms with E-state index in [4.69, 9.17) is 11.6 Å². The first kappa shape index (κ1) is 17.1. The zero-order valence-electron chi connectivity index (χ0n) is 13.7. The second-order valence-electron chi connectivity index (χ2n) is 6.12. The Morgan fingerprint density at radius 3 is 2.79 bits per heavy atom. The number of amides is 1. The van der Waals surface area contributed by atoms with Gasteiger partial charge in [0.15, 0.2) is 0 Å². The number of hydrogen-bond donors (Lipinski definition) is 1. The Morgan fingerprint density at radius 2 is 2.00 bits per heavy atom. The van der Waals surface area contributed by atoms with Crippen LogP contribution in [0.5, 0.6) is 0 Å². The van der Waals surface area contributed by atoms with E-state index in [0.29, 0.717) is 23.2 Å². The number of carbonyl (C=O) groups is 1. The molecular weight excluding hydrogens is 340 g/mol. The molecule has 124 valence electrons. The van der Waals surface area contributed by atoms with Crippen LogP contribution in [0.4, 0.5) is 5.69 Å². The maximum Gasteiger partial charge on any atom is 0.251 e. The highest BCUT2D eigenvalue weighted by atomic mass is 35.5. The van der Waals surface area contributed by atoms with Gasteiger partial charge >= 0.3 is 0 Å².